The molecule has 2 N–H and O–H groups in total. The van der Waals surface area contributed by atoms with E-state index in [2.05, 4.69) is 69.1 Å². The molecule has 3 nitrogen and oxygen atoms in total. The first-order chi connectivity index (χ1) is 8.92. The van der Waals surface area contributed by atoms with Crippen molar-refractivity contribution in [1.82, 2.24) is 15.5 Å². The van der Waals surface area contributed by atoms with Crippen molar-refractivity contribution in [1.29, 1.82) is 0 Å². The minimum Gasteiger partial charge on any atom is -0.387 e. The van der Waals surface area contributed by atoms with Gasteiger partial charge in [-0.1, -0.05) is 26.5 Å². The fourth-order valence-electron chi connectivity index (χ4n) is 2.33. The molecule has 1 rings (SSSR count). The van der Waals surface area contributed by atoms with Crippen molar-refractivity contribution in [2.45, 2.75) is 33.7 Å². The van der Waals surface area contributed by atoms with Crippen LogP contribution in [0.5, 0.6) is 0 Å². The molecule has 1 aliphatic heterocycles. The first-order valence-corrected chi connectivity index (χ1v) is 6.84. The second-order valence-corrected chi connectivity index (χ2v) is 5.30. The minimum absolute atomic E-state index is 0.320. The summed E-state index contributed by atoms with van der Waals surface area (Å²) < 4.78 is 0. The van der Waals surface area contributed by atoms with Crippen LogP contribution in [0.25, 0.3) is 0 Å². The van der Waals surface area contributed by atoms with Gasteiger partial charge in [0.15, 0.2) is 0 Å². The Hall–Kier alpha value is -1.64. The minimum atomic E-state index is 0.320. The second kappa shape index (κ2) is 6.50. The Kier molecular flexibility index (Phi) is 5.28. The van der Waals surface area contributed by atoms with Crippen LogP contribution < -0.4 is 10.6 Å². The number of hydrogen-bond acceptors (Lipinski definition) is 3. The van der Waals surface area contributed by atoms with Gasteiger partial charge in [0.1, 0.15) is 0 Å². The molecule has 1 aliphatic rings. The summed E-state index contributed by atoms with van der Waals surface area (Å²) in [6.45, 7) is 12.6. The van der Waals surface area contributed by atoms with Crippen molar-refractivity contribution in [2.24, 2.45) is 5.92 Å². The van der Waals surface area contributed by atoms with Gasteiger partial charge < -0.3 is 15.5 Å². The Labute approximate surface area is 117 Å². The molecular formula is C16H27N3. The Balaban J connectivity index is 3.10. The maximum Gasteiger partial charge on any atom is 0.0675 e. The van der Waals surface area contributed by atoms with Gasteiger partial charge in [-0.3, -0.25) is 0 Å². The number of hydrogen-bond donors (Lipinski definition) is 2. The van der Waals surface area contributed by atoms with Gasteiger partial charge in [-0.25, -0.2) is 0 Å². The maximum atomic E-state index is 3.92. The van der Waals surface area contributed by atoms with Gasteiger partial charge in [-0.15, -0.1) is 0 Å². The van der Waals surface area contributed by atoms with Crippen molar-refractivity contribution in [2.75, 3.05) is 14.1 Å². The average Bonchev–Trinajstić information content (AvgIpc) is 2.35. The van der Waals surface area contributed by atoms with Crippen molar-refractivity contribution in [3.8, 4) is 0 Å². The van der Waals surface area contributed by atoms with E-state index in [9.17, 15) is 0 Å². The lowest BCUT2D eigenvalue weighted by molar-refractivity contribution is 0.370. The highest BCUT2D eigenvalue weighted by Crippen LogP contribution is 2.20. The lowest BCUT2D eigenvalue weighted by Gasteiger charge is -2.32. The first kappa shape index (κ1) is 15.4. The van der Waals surface area contributed by atoms with E-state index in [0.29, 0.717) is 12.0 Å². The summed E-state index contributed by atoms with van der Waals surface area (Å²) in [5, 5.41) is 6.82. The highest BCUT2D eigenvalue weighted by molar-refractivity contribution is 5.34. The van der Waals surface area contributed by atoms with Crippen LogP contribution in [0.3, 0.4) is 0 Å². The van der Waals surface area contributed by atoms with Crippen LogP contribution >= 0.6 is 0 Å². The molecule has 0 radical (unpaired) electrons. The SMILES string of the molecule is C=C/C(=C(\C)NC1=C(NC)C=CN(C)C1C)C(C)C. The Bertz CT molecular complexity index is 427. The molecule has 0 aromatic heterocycles. The van der Waals surface area contributed by atoms with Crippen molar-refractivity contribution < 1.29 is 0 Å². The van der Waals surface area contributed by atoms with Gasteiger partial charge in [-0.2, -0.15) is 0 Å². The molecule has 0 aliphatic carbocycles. The lowest BCUT2D eigenvalue weighted by Crippen LogP contribution is -2.37. The third-order valence-electron chi connectivity index (χ3n) is 3.66. The normalized spacial score (nSPS) is 20.6. The van der Waals surface area contributed by atoms with Crippen LogP contribution in [0.1, 0.15) is 27.7 Å². The highest BCUT2D eigenvalue weighted by atomic mass is 15.2. The van der Waals surface area contributed by atoms with Crippen molar-refractivity contribution in [3.63, 3.8) is 0 Å². The molecule has 19 heavy (non-hydrogen) atoms. The number of likely N-dealkylation sites (N-methyl/N-ethyl adjacent to an activating group) is 2. The van der Waals surface area contributed by atoms with Crippen molar-refractivity contribution in [3.05, 3.63) is 47.6 Å². The summed E-state index contributed by atoms with van der Waals surface area (Å²) in [5.74, 6) is 0.468. The van der Waals surface area contributed by atoms with E-state index < -0.39 is 0 Å². The Morgan fingerprint density at radius 2 is 2.11 bits per heavy atom. The highest BCUT2D eigenvalue weighted by Gasteiger charge is 2.20. The van der Waals surface area contributed by atoms with Crippen LogP contribution in [0.2, 0.25) is 0 Å². The van der Waals surface area contributed by atoms with Crippen LogP contribution in [0, 0.1) is 5.92 Å². The summed E-state index contributed by atoms with van der Waals surface area (Å²) in [6, 6.07) is 0.320. The molecule has 0 saturated heterocycles. The third-order valence-corrected chi connectivity index (χ3v) is 3.66. The van der Waals surface area contributed by atoms with Crippen LogP contribution in [0.4, 0.5) is 0 Å². The topological polar surface area (TPSA) is 27.3 Å². The molecular weight excluding hydrogens is 234 g/mol. The lowest BCUT2D eigenvalue weighted by atomic mass is 10.0. The van der Waals surface area contributed by atoms with Crippen molar-refractivity contribution >= 4 is 0 Å². The van der Waals surface area contributed by atoms with Crippen LogP contribution in [-0.2, 0) is 0 Å². The van der Waals surface area contributed by atoms with E-state index >= 15 is 0 Å². The van der Waals surface area contributed by atoms with Gasteiger partial charge in [-0.05, 0) is 31.4 Å². The maximum absolute atomic E-state index is 3.92. The summed E-state index contributed by atoms with van der Waals surface area (Å²) >= 11 is 0. The van der Waals surface area contributed by atoms with E-state index in [1.807, 2.05) is 13.1 Å². The molecule has 1 heterocycles. The van der Waals surface area contributed by atoms with Gasteiger partial charge in [0, 0.05) is 26.0 Å². The number of allylic oxidation sites excluding steroid dienone is 4. The summed E-state index contributed by atoms with van der Waals surface area (Å²) in [7, 11) is 4.04. The molecule has 0 amide bonds. The predicted molar refractivity (Wildman–Crippen MR) is 83.3 cm³/mol. The smallest absolute Gasteiger partial charge is 0.0675 e. The Morgan fingerprint density at radius 3 is 2.58 bits per heavy atom. The first-order valence-electron chi connectivity index (χ1n) is 6.84. The molecule has 0 fully saturated rings. The monoisotopic (exact) mass is 261 g/mol. The Morgan fingerprint density at radius 1 is 1.47 bits per heavy atom. The van der Waals surface area contributed by atoms with Gasteiger partial charge in [0.2, 0.25) is 0 Å². The summed E-state index contributed by atoms with van der Waals surface area (Å²) in [6.07, 6.45) is 6.13. The quantitative estimate of drug-likeness (QED) is 0.745. The molecule has 0 spiro atoms. The summed E-state index contributed by atoms with van der Waals surface area (Å²) in [5.41, 5.74) is 4.76. The summed E-state index contributed by atoms with van der Waals surface area (Å²) in [4.78, 5) is 2.19. The average molecular weight is 261 g/mol. The van der Waals surface area contributed by atoms with Gasteiger partial charge in [0.25, 0.3) is 0 Å². The van der Waals surface area contributed by atoms with Gasteiger partial charge >= 0.3 is 0 Å². The standard InChI is InChI=1S/C16H27N3/c1-8-14(11(2)3)12(4)18-16-13(5)19(7)10-9-15(16)17-6/h8-11,13,17-18H,1H2,2-7H3/b14-12-. The zero-order chi connectivity index (χ0) is 14.6. The number of nitrogens with zero attached hydrogens (tertiary/aromatic N) is 1. The van der Waals surface area contributed by atoms with Gasteiger partial charge in [0.05, 0.1) is 17.4 Å². The van der Waals surface area contributed by atoms with E-state index in [0.717, 1.165) is 5.70 Å². The van der Waals surface area contributed by atoms with Crippen LogP contribution in [-0.4, -0.2) is 25.0 Å². The van der Waals surface area contributed by atoms with E-state index in [4.69, 9.17) is 0 Å². The van der Waals surface area contributed by atoms with E-state index in [1.54, 1.807) is 0 Å². The molecule has 0 saturated carbocycles. The molecule has 1 atom stereocenters. The molecule has 0 aromatic carbocycles. The number of nitrogens with one attached hydrogen (secondary N) is 2. The fraction of sp³-hybridized carbons (Fsp3) is 0.500. The largest absolute Gasteiger partial charge is 0.387 e. The predicted octanol–water partition coefficient (Wildman–Crippen LogP) is 2.97. The molecule has 1 unspecified atom stereocenters. The second-order valence-electron chi connectivity index (χ2n) is 5.30. The molecule has 0 bridgehead atoms. The molecule has 0 aromatic rings. The molecule has 106 valence electrons. The number of rotatable bonds is 5. The fourth-order valence-corrected chi connectivity index (χ4v) is 2.33. The van der Waals surface area contributed by atoms with E-state index in [-0.39, 0.29) is 0 Å². The van der Waals surface area contributed by atoms with Crippen LogP contribution in [0.15, 0.2) is 47.6 Å². The third kappa shape index (κ3) is 3.43. The molecule has 3 heteroatoms. The zero-order valence-corrected chi connectivity index (χ0v) is 13.0. The zero-order valence-electron chi connectivity index (χ0n) is 13.0. The van der Waals surface area contributed by atoms with E-state index in [1.165, 1.54) is 17.0 Å².